The second kappa shape index (κ2) is 20.0. The Kier molecular flexibility index (Phi) is 16.3. The molecule has 4 N–H and O–H groups in total. The van der Waals surface area contributed by atoms with E-state index in [9.17, 15) is 24.9 Å². The molecular weight excluding hydrogens is 716 g/mol. The second-order valence-corrected chi connectivity index (χ2v) is 16.7. The van der Waals surface area contributed by atoms with E-state index in [-0.39, 0.29) is 61.6 Å². The number of anilines is 1. The predicted octanol–water partition coefficient (Wildman–Crippen LogP) is 5.17. The number of morpholine rings is 1. The Morgan fingerprint density at radius 2 is 1.77 bits per heavy atom. The van der Waals surface area contributed by atoms with Gasteiger partial charge in [0.15, 0.2) is 0 Å². The largest absolute Gasteiger partial charge is 0.457 e. The molecule has 3 aliphatic rings. The van der Waals surface area contributed by atoms with E-state index in [1.807, 2.05) is 13.8 Å². The van der Waals surface area contributed by atoms with Gasteiger partial charge in [0.05, 0.1) is 48.6 Å². The van der Waals surface area contributed by atoms with E-state index in [0.717, 1.165) is 30.8 Å². The van der Waals surface area contributed by atoms with Gasteiger partial charge in [-0.05, 0) is 83.2 Å². The third-order valence-corrected chi connectivity index (χ3v) is 11.4. The SMILES string of the molecule is CC[C@H](OC)[C@@H](C)[C@H]1O[C@@H]1C(NCc1ccc(N2CC(C)OC(C)C2)cc1)C(C)(O)C=CC=C(C)C1OC(=O)C[C@H](O)CC[C@@](C)(O)[C@@H](OC(C)=O)C=C[C@@H]1C. The van der Waals surface area contributed by atoms with Crippen molar-refractivity contribution in [2.24, 2.45) is 11.8 Å². The highest BCUT2D eigenvalue weighted by atomic mass is 16.6. The molecule has 12 nitrogen and oxygen atoms in total. The molecule has 1 aromatic rings. The first kappa shape index (κ1) is 45.6. The van der Waals surface area contributed by atoms with Crippen LogP contribution in [0.25, 0.3) is 0 Å². The highest BCUT2D eigenvalue weighted by Gasteiger charge is 2.54. The van der Waals surface area contributed by atoms with Crippen molar-refractivity contribution >= 4 is 17.6 Å². The molecule has 3 heterocycles. The number of hydrogen-bond donors (Lipinski definition) is 4. The third kappa shape index (κ3) is 12.7. The van der Waals surface area contributed by atoms with E-state index in [0.29, 0.717) is 12.1 Å². The van der Waals surface area contributed by atoms with Gasteiger partial charge in [0.2, 0.25) is 0 Å². The van der Waals surface area contributed by atoms with Crippen LogP contribution in [0.2, 0.25) is 0 Å². The standard InChI is InChI=1S/C44H68N2O10/c1-11-36(52-10)31(6)40-41(56-40)42(45-24-33-15-17-34(18-16-33)46-25-29(4)53-30(5)26-46)44(9,51)21-12-13-27(2)39-28(3)14-19-37(54-32(7)47)43(8,50)22-20-35(48)23-38(49)55-39/h12-19,21,28-31,35-37,39-42,45,48,50-51H,11,20,22-26H2,1-10H3/t28-,29?,30?,31+,35+,36-,37-,39?,40+,41-,42?,43+,44?/m0/s1. The zero-order chi connectivity index (χ0) is 41.4. The summed E-state index contributed by atoms with van der Waals surface area (Å²) in [5.41, 5.74) is 0.105. The molecule has 0 aromatic heterocycles. The Hall–Kier alpha value is -3.10. The lowest BCUT2D eigenvalue weighted by Crippen LogP contribution is -2.52. The lowest BCUT2D eigenvalue weighted by Gasteiger charge is -2.37. The number of cyclic esters (lactones) is 1. The molecule has 13 atom stereocenters. The van der Waals surface area contributed by atoms with Gasteiger partial charge in [0, 0.05) is 51.2 Å². The topological polar surface area (TPSA) is 160 Å². The molecule has 5 unspecified atom stereocenters. The maximum atomic E-state index is 13.0. The molecule has 0 saturated carbocycles. The molecule has 2 saturated heterocycles. The van der Waals surface area contributed by atoms with Gasteiger partial charge in [-0.25, -0.2) is 0 Å². The summed E-state index contributed by atoms with van der Waals surface area (Å²) < 4.78 is 29.3. The molecule has 2 fully saturated rings. The fraction of sp³-hybridized carbons (Fsp3) is 0.682. The molecule has 56 heavy (non-hydrogen) atoms. The number of methoxy groups -OCH3 is 1. The predicted molar refractivity (Wildman–Crippen MR) is 216 cm³/mol. The van der Waals surface area contributed by atoms with Crippen LogP contribution in [0.5, 0.6) is 0 Å². The normalized spacial score (nSPS) is 33.4. The minimum atomic E-state index is -1.46. The highest BCUT2D eigenvalue weighted by Crippen LogP contribution is 2.39. The molecule has 1 aromatic carbocycles. The molecular formula is C44H68N2O10. The average molecular weight is 785 g/mol. The third-order valence-electron chi connectivity index (χ3n) is 11.4. The van der Waals surface area contributed by atoms with Gasteiger partial charge in [0.25, 0.3) is 0 Å². The number of aliphatic hydroxyl groups is 3. The molecule has 0 aliphatic carbocycles. The number of carbonyl (C=O) groups excluding carboxylic acids is 2. The van der Waals surface area contributed by atoms with Crippen molar-refractivity contribution in [3.63, 3.8) is 0 Å². The quantitative estimate of drug-likeness (QED) is 0.0850. The molecule has 0 spiro atoms. The molecule has 3 aliphatic heterocycles. The fourth-order valence-corrected chi connectivity index (χ4v) is 8.11. The molecule has 314 valence electrons. The van der Waals surface area contributed by atoms with Gasteiger partial charge in [-0.1, -0.05) is 57.2 Å². The van der Waals surface area contributed by atoms with E-state index in [1.165, 1.54) is 6.92 Å². The summed E-state index contributed by atoms with van der Waals surface area (Å²) in [6.07, 6.45) is 6.74. The summed E-state index contributed by atoms with van der Waals surface area (Å²) in [4.78, 5) is 27.2. The Balaban J connectivity index is 1.55. The lowest BCUT2D eigenvalue weighted by molar-refractivity contribution is -0.157. The number of allylic oxidation sites excluding steroid dienone is 2. The number of carbonyl (C=O) groups is 2. The Morgan fingerprint density at radius 3 is 2.38 bits per heavy atom. The molecule has 0 amide bonds. The van der Waals surface area contributed by atoms with Crippen LogP contribution in [0.3, 0.4) is 0 Å². The van der Waals surface area contributed by atoms with Crippen molar-refractivity contribution in [2.45, 2.75) is 161 Å². The van der Waals surface area contributed by atoms with Gasteiger partial charge in [-0.3, -0.25) is 9.59 Å². The second-order valence-electron chi connectivity index (χ2n) is 16.7. The van der Waals surface area contributed by atoms with Crippen LogP contribution in [0, 0.1) is 11.8 Å². The van der Waals surface area contributed by atoms with Crippen molar-refractivity contribution < 1.29 is 48.6 Å². The van der Waals surface area contributed by atoms with E-state index in [2.05, 4.69) is 62.2 Å². The summed E-state index contributed by atoms with van der Waals surface area (Å²) in [5, 5.41) is 37.4. The van der Waals surface area contributed by atoms with Crippen LogP contribution in [0.15, 0.2) is 60.2 Å². The minimum absolute atomic E-state index is 0.0242. The highest BCUT2D eigenvalue weighted by molar-refractivity contribution is 5.70. The number of hydrogen-bond acceptors (Lipinski definition) is 12. The molecule has 4 rings (SSSR count). The molecule has 0 bridgehead atoms. The Bertz CT molecular complexity index is 1510. The zero-order valence-corrected chi connectivity index (χ0v) is 35.1. The summed E-state index contributed by atoms with van der Waals surface area (Å²) in [7, 11) is 1.72. The van der Waals surface area contributed by atoms with E-state index < -0.39 is 47.5 Å². The number of rotatable bonds is 14. The maximum absolute atomic E-state index is 13.0. The van der Waals surface area contributed by atoms with Crippen LogP contribution in [0.4, 0.5) is 5.69 Å². The summed E-state index contributed by atoms with van der Waals surface area (Å²) in [6, 6.07) is 8.03. The maximum Gasteiger partial charge on any atom is 0.309 e. The summed E-state index contributed by atoms with van der Waals surface area (Å²) in [6.45, 7) is 18.9. The van der Waals surface area contributed by atoms with Crippen LogP contribution < -0.4 is 10.2 Å². The number of epoxide rings is 1. The number of aliphatic hydroxyl groups excluding tert-OH is 1. The van der Waals surface area contributed by atoms with Gasteiger partial charge >= 0.3 is 11.9 Å². The Labute approximate surface area is 334 Å². The zero-order valence-electron chi connectivity index (χ0n) is 35.1. The van der Waals surface area contributed by atoms with Gasteiger partial charge in [0.1, 0.15) is 23.9 Å². The van der Waals surface area contributed by atoms with Gasteiger partial charge in [-0.2, -0.15) is 0 Å². The van der Waals surface area contributed by atoms with Crippen molar-refractivity contribution in [3.05, 3.63) is 65.8 Å². The number of benzene rings is 1. The fourth-order valence-electron chi connectivity index (χ4n) is 8.11. The number of esters is 2. The average Bonchev–Trinajstić information content (AvgIpc) is 3.91. The van der Waals surface area contributed by atoms with Crippen molar-refractivity contribution in [1.82, 2.24) is 5.32 Å². The number of nitrogens with one attached hydrogen (secondary N) is 1. The minimum Gasteiger partial charge on any atom is -0.457 e. The molecule has 12 heteroatoms. The van der Waals surface area contributed by atoms with E-state index >= 15 is 0 Å². The lowest BCUT2D eigenvalue weighted by atomic mass is 9.87. The van der Waals surface area contributed by atoms with Gasteiger partial charge in [-0.15, -0.1) is 0 Å². The first-order valence-corrected chi connectivity index (χ1v) is 20.3. The van der Waals surface area contributed by atoms with Gasteiger partial charge < -0.3 is 49.2 Å². The van der Waals surface area contributed by atoms with Crippen LogP contribution in [0.1, 0.15) is 93.6 Å². The molecule has 0 radical (unpaired) electrons. The van der Waals surface area contributed by atoms with Crippen LogP contribution in [-0.4, -0.2) is 114 Å². The smallest absolute Gasteiger partial charge is 0.309 e. The van der Waals surface area contributed by atoms with Crippen LogP contribution in [-0.2, 0) is 39.8 Å². The van der Waals surface area contributed by atoms with Crippen molar-refractivity contribution in [3.8, 4) is 0 Å². The van der Waals surface area contributed by atoms with Crippen molar-refractivity contribution in [1.29, 1.82) is 0 Å². The summed E-state index contributed by atoms with van der Waals surface area (Å²) >= 11 is 0. The van der Waals surface area contributed by atoms with Crippen molar-refractivity contribution in [2.75, 3.05) is 25.1 Å². The summed E-state index contributed by atoms with van der Waals surface area (Å²) in [5.74, 6) is -1.38. The monoisotopic (exact) mass is 784 g/mol. The van der Waals surface area contributed by atoms with E-state index in [4.69, 9.17) is 23.7 Å². The first-order chi connectivity index (χ1) is 26.3. The number of nitrogens with zero attached hydrogens (tertiary/aromatic N) is 1. The Morgan fingerprint density at radius 1 is 1.11 bits per heavy atom. The first-order valence-electron chi connectivity index (χ1n) is 20.3. The van der Waals surface area contributed by atoms with Crippen LogP contribution >= 0.6 is 0 Å². The van der Waals surface area contributed by atoms with E-state index in [1.54, 1.807) is 51.3 Å². The number of ether oxygens (including phenoxy) is 5.